The Kier molecular flexibility index (Phi) is 10.1. The summed E-state index contributed by atoms with van der Waals surface area (Å²) in [5.74, 6) is 0.284. The highest BCUT2D eigenvalue weighted by atomic mass is 16.5. The molecule has 0 bridgehead atoms. The van der Waals surface area contributed by atoms with Gasteiger partial charge < -0.3 is 14.9 Å². The Morgan fingerprint density at radius 1 is 1.00 bits per heavy atom. The Balaban J connectivity index is 2.74. The highest BCUT2D eigenvalue weighted by Crippen LogP contribution is 2.38. The van der Waals surface area contributed by atoms with Crippen molar-refractivity contribution in [3.63, 3.8) is 0 Å². The molecule has 0 aliphatic heterocycles. The molecule has 156 valence electrons. The molecule has 0 aliphatic carbocycles. The fraction of sp³-hybridized carbons (Fsp3) is 0.520. The first-order chi connectivity index (χ1) is 13.2. The zero-order valence-corrected chi connectivity index (χ0v) is 18.7. The maximum atomic E-state index is 10.7. The van der Waals surface area contributed by atoms with Crippen LogP contribution in [0.15, 0.2) is 41.0 Å². The predicted molar refractivity (Wildman–Crippen MR) is 119 cm³/mol. The van der Waals surface area contributed by atoms with Crippen molar-refractivity contribution in [3.8, 4) is 11.5 Å². The number of hydrogen-bond acceptors (Lipinski definition) is 3. The summed E-state index contributed by atoms with van der Waals surface area (Å²) in [5.41, 5.74) is 6.21. The standard InChI is InChI=1S/C25H38O3/c1-17(2)10-8-11-18(3)12-9-13-19(4)14-15-22-23(26)16-20(5)24(25(22)27)21(6)28-7/h10,12,14,16,21,26-27H,8-9,11,13,15H2,1-7H3/b18-12+,19-14+/t21-/m1/s1. The topological polar surface area (TPSA) is 49.7 Å². The van der Waals surface area contributed by atoms with Crippen LogP contribution >= 0.6 is 0 Å². The minimum absolute atomic E-state index is 0.140. The normalized spacial score (nSPS) is 13.5. The van der Waals surface area contributed by atoms with E-state index < -0.39 is 0 Å². The number of allylic oxidation sites excluding steroid dienone is 6. The van der Waals surface area contributed by atoms with Crippen LogP contribution in [0.25, 0.3) is 0 Å². The van der Waals surface area contributed by atoms with Gasteiger partial charge in [-0.2, -0.15) is 0 Å². The number of phenolic OH excluding ortho intramolecular Hbond substituents is 2. The third kappa shape index (κ3) is 7.55. The Bertz CT molecular complexity index is 735. The van der Waals surface area contributed by atoms with Crippen molar-refractivity contribution in [3.05, 3.63) is 57.7 Å². The van der Waals surface area contributed by atoms with Crippen molar-refractivity contribution in [2.24, 2.45) is 0 Å². The van der Waals surface area contributed by atoms with Crippen molar-refractivity contribution in [1.82, 2.24) is 0 Å². The van der Waals surface area contributed by atoms with Crippen LogP contribution in [0, 0.1) is 6.92 Å². The van der Waals surface area contributed by atoms with Gasteiger partial charge in [0, 0.05) is 18.2 Å². The summed E-state index contributed by atoms with van der Waals surface area (Å²) in [4.78, 5) is 0. The lowest BCUT2D eigenvalue weighted by atomic mass is 9.96. The summed E-state index contributed by atoms with van der Waals surface area (Å²) >= 11 is 0. The number of phenols is 2. The predicted octanol–water partition coefficient (Wildman–Crippen LogP) is 7.08. The van der Waals surface area contributed by atoms with Crippen LogP contribution in [0.5, 0.6) is 11.5 Å². The van der Waals surface area contributed by atoms with E-state index in [0.29, 0.717) is 12.0 Å². The van der Waals surface area contributed by atoms with E-state index in [1.807, 2.05) is 13.8 Å². The molecule has 0 heterocycles. The van der Waals surface area contributed by atoms with Crippen LogP contribution < -0.4 is 0 Å². The molecule has 0 spiro atoms. The summed E-state index contributed by atoms with van der Waals surface area (Å²) in [6.45, 7) is 12.3. The third-order valence-corrected chi connectivity index (χ3v) is 5.17. The Hall–Kier alpha value is -2.00. The second-order valence-corrected chi connectivity index (χ2v) is 8.00. The van der Waals surface area contributed by atoms with Crippen LogP contribution in [0.1, 0.15) is 83.1 Å². The molecular weight excluding hydrogens is 348 g/mol. The maximum absolute atomic E-state index is 10.7. The van der Waals surface area contributed by atoms with Gasteiger partial charge in [0.25, 0.3) is 0 Å². The molecule has 0 fully saturated rings. The maximum Gasteiger partial charge on any atom is 0.128 e. The number of methoxy groups -OCH3 is 1. The van der Waals surface area contributed by atoms with Crippen molar-refractivity contribution >= 4 is 0 Å². The van der Waals surface area contributed by atoms with E-state index in [2.05, 4.69) is 45.9 Å². The lowest BCUT2D eigenvalue weighted by Crippen LogP contribution is -2.02. The molecule has 3 heteroatoms. The summed E-state index contributed by atoms with van der Waals surface area (Å²) in [6.07, 6.45) is 11.2. The SMILES string of the molecule is CO[C@H](C)c1c(C)cc(O)c(C/C=C(\C)CC/C=C(\C)CCC=C(C)C)c1O. The zero-order valence-electron chi connectivity index (χ0n) is 18.7. The average Bonchev–Trinajstić information content (AvgIpc) is 2.60. The number of aryl methyl sites for hydroxylation is 1. The zero-order chi connectivity index (χ0) is 21.3. The minimum atomic E-state index is -0.219. The van der Waals surface area contributed by atoms with E-state index >= 15 is 0 Å². The highest BCUT2D eigenvalue weighted by molar-refractivity contribution is 5.54. The van der Waals surface area contributed by atoms with Gasteiger partial charge in [0.05, 0.1) is 6.10 Å². The largest absolute Gasteiger partial charge is 0.508 e. The van der Waals surface area contributed by atoms with E-state index in [-0.39, 0.29) is 17.6 Å². The Morgan fingerprint density at radius 2 is 1.57 bits per heavy atom. The summed E-state index contributed by atoms with van der Waals surface area (Å²) in [7, 11) is 1.62. The molecule has 0 saturated carbocycles. The van der Waals surface area contributed by atoms with Gasteiger partial charge in [-0.3, -0.25) is 0 Å². The first-order valence-corrected chi connectivity index (χ1v) is 10.2. The van der Waals surface area contributed by atoms with E-state index in [0.717, 1.165) is 36.8 Å². The van der Waals surface area contributed by atoms with Gasteiger partial charge >= 0.3 is 0 Å². The quantitative estimate of drug-likeness (QED) is 0.423. The molecule has 1 rings (SSSR count). The van der Waals surface area contributed by atoms with Crippen molar-refractivity contribution in [2.75, 3.05) is 7.11 Å². The van der Waals surface area contributed by atoms with Crippen LogP contribution in [0.4, 0.5) is 0 Å². The van der Waals surface area contributed by atoms with Gasteiger partial charge in [-0.05, 0) is 85.3 Å². The Labute approximate surface area is 171 Å². The van der Waals surface area contributed by atoms with E-state index in [9.17, 15) is 10.2 Å². The highest BCUT2D eigenvalue weighted by Gasteiger charge is 2.19. The second kappa shape index (κ2) is 11.8. The number of ether oxygens (including phenoxy) is 1. The molecular formula is C25H38O3. The molecule has 3 nitrogen and oxygen atoms in total. The molecule has 0 aromatic heterocycles. The minimum Gasteiger partial charge on any atom is -0.508 e. The molecule has 0 saturated heterocycles. The average molecular weight is 387 g/mol. The number of benzene rings is 1. The van der Waals surface area contributed by atoms with E-state index in [1.165, 1.54) is 16.7 Å². The molecule has 0 aliphatic rings. The van der Waals surface area contributed by atoms with E-state index in [4.69, 9.17) is 4.74 Å². The van der Waals surface area contributed by atoms with Crippen LogP contribution in [0.2, 0.25) is 0 Å². The van der Waals surface area contributed by atoms with Gasteiger partial charge in [0.1, 0.15) is 11.5 Å². The first kappa shape index (κ1) is 24.0. The first-order valence-electron chi connectivity index (χ1n) is 10.2. The van der Waals surface area contributed by atoms with Gasteiger partial charge in [-0.1, -0.05) is 34.9 Å². The number of rotatable bonds is 10. The van der Waals surface area contributed by atoms with Gasteiger partial charge in [-0.15, -0.1) is 0 Å². The van der Waals surface area contributed by atoms with Crippen LogP contribution in [-0.4, -0.2) is 17.3 Å². The summed E-state index contributed by atoms with van der Waals surface area (Å²) in [6, 6.07) is 1.71. The van der Waals surface area contributed by atoms with Crippen molar-refractivity contribution in [1.29, 1.82) is 0 Å². The number of aromatic hydroxyl groups is 2. The summed E-state index contributed by atoms with van der Waals surface area (Å²) in [5, 5.41) is 20.9. The molecule has 1 atom stereocenters. The molecule has 1 aromatic rings. The third-order valence-electron chi connectivity index (χ3n) is 5.17. The smallest absolute Gasteiger partial charge is 0.128 e. The fourth-order valence-electron chi connectivity index (χ4n) is 3.29. The van der Waals surface area contributed by atoms with Gasteiger partial charge in [0.15, 0.2) is 0 Å². The number of hydrogen-bond donors (Lipinski definition) is 2. The fourth-order valence-corrected chi connectivity index (χ4v) is 3.29. The molecule has 28 heavy (non-hydrogen) atoms. The second-order valence-electron chi connectivity index (χ2n) is 8.00. The monoisotopic (exact) mass is 386 g/mol. The van der Waals surface area contributed by atoms with E-state index in [1.54, 1.807) is 13.2 Å². The lowest BCUT2D eigenvalue weighted by Gasteiger charge is -2.18. The van der Waals surface area contributed by atoms with Crippen LogP contribution in [0.3, 0.4) is 0 Å². The van der Waals surface area contributed by atoms with Gasteiger partial charge in [-0.25, -0.2) is 0 Å². The van der Waals surface area contributed by atoms with Crippen molar-refractivity contribution < 1.29 is 14.9 Å². The molecule has 0 radical (unpaired) electrons. The molecule has 0 amide bonds. The molecule has 0 unspecified atom stereocenters. The Morgan fingerprint density at radius 3 is 2.14 bits per heavy atom. The molecule has 1 aromatic carbocycles. The van der Waals surface area contributed by atoms with Gasteiger partial charge in [0.2, 0.25) is 0 Å². The summed E-state index contributed by atoms with van der Waals surface area (Å²) < 4.78 is 5.37. The molecule has 2 N–H and O–H groups in total. The van der Waals surface area contributed by atoms with Crippen LogP contribution in [-0.2, 0) is 11.2 Å². The lowest BCUT2D eigenvalue weighted by molar-refractivity contribution is 0.116. The van der Waals surface area contributed by atoms with Crippen molar-refractivity contribution in [2.45, 2.75) is 79.8 Å².